The number of rotatable bonds is 4. The summed E-state index contributed by atoms with van der Waals surface area (Å²) in [5.74, 6) is -2.42. The second-order valence-corrected chi connectivity index (χ2v) is 10.2. The Balaban J connectivity index is 1.20. The average Bonchev–Trinajstić information content (AvgIpc) is 3.70. The van der Waals surface area contributed by atoms with E-state index in [-0.39, 0.29) is 29.1 Å². The number of anilines is 1. The van der Waals surface area contributed by atoms with E-state index in [1.54, 1.807) is 24.3 Å². The van der Waals surface area contributed by atoms with Gasteiger partial charge in [0.25, 0.3) is 5.92 Å². The number of nitrogens with one attached hydrogen (secondary N) is 4. The van der Waals surface area contributed by atoms with E-state index in [0.717, 1.165) is 66.8 Å². The lowest BCUT2D eigenvalue weighted by atomic mass is 9.98. The van der Waals surface area contributed by atoms with E-state index in [2.05, 4.69) is 20.9 Å². The Labute approximate surface area is 212 Å². The molecule has 4 aromatic rings. The van der Waals surface area contributed by atoms with Crippen molar-refractivity contribution in [3.63, 3.8) is 0 Å². The molecule has 2 saturated heterocycles. The molecule has 3 heterocycles. The number of benzene rings is 3. The SMILES string of the molecule is O=C(Nc1ccc2c(c1)C(F)(F)c1cc(-c3ccc4nc(C5CCCN5)[nH]c4c3)ccc1-2)C1CCCN1. The van der Waals surface area contributed by atoms with Crippen LogP contribution in [0.5, 0.6) is 0 Å². The summed E-state index contributed by atoms with van der Waals surface area (Å²) in [5.41, 5.74) is 4.68. The number of nitrogens with zero attached hydrogens (tertiary/aromatic N) is 1. The van der Waals surface area contributed by atoms with Crippen molar-refractivity contribution in [3.05, 3.63) is 71.5 Å². The van der Waals surface area contributed by atoms with E-state index >= 15 is 8.78 Å². The van der Waals surface area contributed by atoms with Gasteiger partial charge >= 0.3 is 0 Å². The predicted octanol–water partition coefficient (Wildman–Crippen LogP) is 5.47. The van der Waals surface area contributed by atoms with Gasteiger partial charge in [-0.15, -0.1) is 0 Å². The average molecular weight is 500 g/mol. The van der Waals surface area contributed by atoms with Crippen molar-refractivity contribution in [3.8, 4) is 22.3 Å². The Bertz CT molecular complexity index is 1530. The van der Waals surface area contributed by atoms with Crippen LogP contribution in [0.3, 0.4) is 0 Å². The van der Waals surface area contributed by atoms with E-state index in [4.69, 9.17) is 4.98 Å². The maximum atomic E-state index is 15.7. The Morgan fingerprint density at radius 2 is 1.62 bits per heavy atom. The van der Waals surface area contributed by atoms with Gasteiger partial charge in [-0.1, -0.05) is 24.3 Å². The summed E-state index contributed by atoms with van der Waals surface area (Å²) in [7, 11) is 0. The molecule has 1 aromatic heterocycles. The second-order valence-electron chi connectivity index (χ2n) is 10.2. The number of hydrogen-bond donors (Lipinski definition) is 4. The number of H-pyrrole nitrogens is 1. The van der Waals surface area contributed by atoms with Crippen LogP contribution in [0, 0.1) is 0 Å². The quantitative estimate of drug-likeness (QED) is 0.300. The van der Waals surface area contributed by atoms with E-state index in [9.17, 15) is 4.79 Å². The molecule has 37 heavy (non-hydrogen) atoms. The lowest BCUT2D eigenvalue weighted by Crippen LogP contribution is -2.35. The second kappa shape index (κ2) is 8.46. The van der Waals surface area contributed by atoms with Crippen LogP contribution in [0.2, 0.25) is 0 Å². The third-order valence-corrected chi connectivity index (χ3v) is 7.87. The number of carbonyl (C=O) groups is 1. The first-order valence-corrected chi connectivity index (χ1v) is 12.9. The number of alkyl halides is 2. The number of halogens is 2. The highest BCUT2D eigenvalue weighted by Crippen LogP contribution is 2.52. The first kappa shape index (κ1) is 22.6. The highest BCUT2D eigenvalue weighted by atomic mass is 19.3. The van der Waals surface area contributed by atoms with Crippen LogP contribution >= 0.6 is 0 Å². The van der Waals surface area contributed by atoms with Crippen molar-refractivity contribution in [2.75, 3.05) is 18.4 Å². The number of amides is 1. The molecule has 3 aliphatic rings. The van der Waals surface area contributed by atoms with Crippen LogP contribution in [-0.2, 0) is 10.7 Å². The van der Waals surface area contributed by atoms with Crippen molar-refractivity contribution >= 4 is 22.6 Å². The molecule has 0 saturated carbocycles. The van der Waals surface area contributed by atoms with E-state index in [1.165, 1.54) is 6.07 Å². The van der Waals surface area contributed by atoms with E-state index < -0.39 is 5.92 Å². The standard InChI is InChI=1S/C29H27F2N5O/c30-29(31)21-13-16(17-6-10-23-26(14-17)36-27(35-23)24-3-1-11-32-24)5-8-19(21)20-9-7-18(15-22(20)29)34-28(37)25-4-2-12-33-25/h5-10,13-15,24-25,32-33H,1-4,11-12H2,(H,34,37)(H,35,36). The third kappa shape index (κ3) is 3.74. The molecule has 2 fully saturated rings. The van der Waals surface area contributed by atoms with Gasteiger partial charge in [-0.2, -0.15) is 8.78 Å². The molecular weight excluding hydrogens is 472 g/mol. The largest absolute Gasteiger partial charge is 0.341 e. The van der Waals surface area contributed by atoms with Gasteiger partial charge in [-0.05, 0) is 91.4 Å². The molecule has 2 unspecified atom stereocenters. The van der Waals surface area contributed by atoms with Crippen LogP contribution in [0.15, 0.2) is 54.6 Å². The monoisotopic (exact) mass is 499 g/mol. The molecule has 0 radical (unpaired) electrons. The summed E-state index contributed by atoms with van der Waals surface area (Å²) in [5, 5.41) is 9.39. The Kier molecular flexibility index (Phi) is 5.16. The maximum absolute atomic E-state index is 15.7. The number of imidazole rings is 1. The fourth-order valence-corrected chi connectivity index (χ4v) is 5.91. The summed E-state index contributed by atoms with van der Waals surface area (Å²) in [6.07, 6.45) is 3.87. The molecule has 6 nitrogen and oxygen atoms in total. The molecule has 1 amide bonds. The smallest absolute Gasteiger partial charge is 0.299 e. The lowest BCUT2D eigenvalue weighted by molar-refractivity contribution is -0.117. The lowest BCUT2D eigenvalue weighted by Gasteiger charge is -2.15. The zero-order valence-electron chi connectivity index (χ0n) is 20.2. The molecule has 2 atom stereocenters. The highest BCUT2D eigenvalue weighted by molar-refractivity contribution is 5.96. The first-order chi connectivity index (χ1) is 18.0. The molecule has 7 rings (SSSR count). The third-order valence-electron chi connectivity index (χ3n) is 7.87. The minimum atomic E-state index is -3.16. The summed E-state index contributed by atoms with van der Waals surface area (Å²) in [4.78, 5) is 20.6. The Morgan fingerprint density at radius 3 is 2.41 bits per heavy atom. The summed E-state index contributed by atoms with van der Waals surface area (Å²) in [6, 6.07) is 15.9. The number of carbonyl (C=O) groups excluding carboxylic acids is 1. The Morgan fingerprint density at radius 1 is 0.892 bits per heavy atom. The molecule has 8 heteroatoms. The predicted molar refractivity (Wildman–Crippen MR) is 140 cm³/mol. The van der Waals surface area contributed by atoms with E-state index in [1.807, 2.05) is 24.3 Å². The van der Waals surface area contributed by atoms with Crippen molar-refractivity contribution in [1.29, 1.82) is 0 Å². The van der Waals surface area contributed by atoms with Crippen molar-refractivity contribution in [2.24, 2.45) is 0 Å². The molecule has 0 bridgehead atoms. The molecule has 188 valence electrons. The topological polar surface area (TPSA) is 81.8 Å². The van der Waals surface area contributed by atoms with Crippen LogP contribution in [0.1, 0.15) is 48.7 Å². The van der Waals surface area contributed by atoms with Gasteiger partial charge in [0.2, 0.25) is 5.91 Å². The number of aromatic nitrogens is 2. The molecule has 4 N–H and O–H groups in total. The molecule has 3 aromatic carbocycles. The van der Waals surface area contributed by atoms with E-state index in [0.29, 0.717) is 16.8 Å². The van der Waals surface area contributed by atoms with Crippen LogP contribution in [-0.4, -0.2) is 35.0 Å². The number of fused-ring (bicyclic) bond motifs is 4. The molecule has 0 spiro atoms. The van der Waals surface area contributed by atoms with Crippen molar-refractivity contribution in [1.82, 2.24) is 20.6 Å². The number of hydrogen-bond acceptors (Lipinski definition) is 4. The normalized spacial score (nSPS) is 21.8. The van der Waals surface area contributed by atoms with Crippen LogP contribution in [0.25, 0.3) is 33.3 Å². The van der Waals surface area contributed by atoms with Crippen LogP contribution in [0.4, 0.5) is 14.5 Å². The molecular formula is C29H27F2N5O. The zero-order chi connectivity index (χ0) is 25.1. The van der Waals surface area contributed by atoms with Gasteiger partial charge in [0.15, 0.2) is 0 Å². The number of aromatic amines is 1. The fraction of sp³-hybridized carbons (Fsp3) is 0.310. The summed E-state index contributed by atoms with van der Waals surface area (Å²) >= 11 is 0. The van der Waals surface area contributed by atoms with Gasteiger partial charge in [-0.25, -0.2) is 4.98 Å². The fourth-order valence-electron chi connectivity index (χ4n) is 5.91. The van der Waals surface area contributed by atoms with Gasteiger partial charge in [0.1, 0.15) is 5.82 Å². The summed E-state index contributed by atoms with van der Waals surface area (Å²) in [6.45, 7) is 1.79. The van der Waals surface area contributed by atoms with Crippen LogP contribution < -0.4 is 16.0 Å². The minimum Gasteiger partial charge on any atom is -0.341 e. The first-order valence-electron chi connectivity index (χ1n) is 12.9. The van der Waals surface area contributed by atoms with Crippen molar-refractivity contribution < 1.29 is 13.6 Å². The van der Waals surface area contributed by atoms with Gasteiger partial charge in [0.05, 0.1) is 23.1 Å². The Hall–Kier alpha value is -3.62. The molecule has 2 aliphatic heterocycles. The zero-order valence-corrected chi connectivity index (χ0v) is 20.2. The maximum Gasteiger partial charge on any atom is 0.299 e. The molecule has 1 aliphatic carbocycles. The van der Waals surface area contributed by atoms with Gasteiger partial charge < -0.3 is 20.9 Å². The van der Waals surface area contributed by atoms with Gasteiger partial charge in [-0.3, -0.25) is 4.79 Å². The summed E-state index contributed by atoms with van der Waals surface area (Å²) < 4.78 is 31.4. The van der Waals surface area contributed by atoms with Gasteiger partial charge in [0, 0.05) is 16.8 Å². The van der Waals surface area contributed by atoms with Crippen molar-refractivity contribution in [2.45, 2.75) is 43.7 Å². The minimum absolute atomic E-state index is 0.0125. The highest BCUT2D eigenvalue weighted by Gasteiger charge is 2.44.